The number of phenolic OH excluding ortho intramolecular Hbond substituents is 1. The van der Waals surface area contributed by atoms with Crippen molar-refractivity contribution >= 4 is 28.0 Å². The van der Waals surface area contributed by atoms with Crippen molar-refractivity contribution in [2.45, 2.75) is 12.2 Å². The number of halogens is 1. The molecule has 0 bridgehead atoms. The number of aliphatic carboxylic acids is 1. The minimum absolute atomic E-state index is 0.0568. The van der Waals surface area contributed by atoms with Crippen molar-refractivity contribution in [2.75, 3.05) is 12.4 Å². The van der Waals surface area contributed by atoms with Crippen LogP contribution >= 0.6 is 15.9 Å². The van der Waals surface area contributed by atoms with Crippen LogP contribution in [0.2, 0.25) is 0 Å². The Morgan fingerprint density at radius 3 is 2.60 bits per heavy atom. The highest BCUT2D eigenvalue weighted by Crippen LogP contribution is 2.37. The van der Waals surface area contributed by atoms with Gasteiger partial charge in [0.25, 0.3) is 0 Å². The molecule has 0 heterocycles. The van der Waals surface area contributed by atoms with Gasteiger partial charge in [-0.05, 0) is 23.8 Å². The van der Waals surface area contributed by atoms with Gasteiger partial charge in [0.1, 0.15) is 6.10 Å². The van der Waals surface area contributed by atoms with Crippen LogP contribution in [0.1, 0.15) is 17.2 Å². The van der Waals surface area contributed by atoms with Crippen molar-refractivity contribution in [3.8, 4) is 11.5 Å². The van der Waals surface area contributed by atoms with Crippen LogP contribution in [-0.4, -0.2) is 44.9 Å². The Balaban J connectivity index is 3.28. The fourth-order valence-corrected chi connectivity index (χ4v) is 1.94. The summed E-state index contributed by atoms with van der Waals surface area (Å²) in [5.74, 6) is -1.35. The zero-order valence-corrected chi connectivity index (χ0v) is 12.2. The van der Waals surface area contributed by atoms with Crippen molar-refractivity contribution < 1.29 is 30.0 Å². The van der Waals surface area contributed by atoms with Gasteiger partial charge in [-0.15, -0.1) is 0 Å². The Kier molecular flexibility index (Phi) is 6.00. The number of hydrogen-bond acceptors (Lipinski definition) is 5. The molecule has 6 nitrogen and oxygen atoms in total. The summed E-state index contributed by atoms with van der Waals surface area (Å²) in [6.07, 6.45) is -0.241. The van der Waals surface area contributed by atoms with Crippen LogP contribution in [0.15, 0.2) is 18.2 Å². The van der Waals surface area contributed by atoms with E-state index in [0.29, 0.717) is 5.56 Å². The second-order valence-electron chi connectivity index (χ2n) is 4.00. The smallest absolute Gasteiger partial charge is 0.328 e. The second kappa shape index (κ2) is 7.28. The minimum atomic E-state index is -1.33. The van der Waals surface area contributed by atoms with Gasteiger partial charge >= 0.3 is 5.97 Å². The number of carboxylic acids is 1. The van der Waals surface area contributed by atoms with Crippen LogP contribution < -0.4 is 4.74 Å². The lowest BCUT2D eigenvalue weighted by Gasteiger charge is -2.19. The zero-order chi connectivity index (χ0) is 15.3. The summed E-state index contributed by atoms with van der Waals surface area (Å²) in [6.45, 7) is 0. The molecule has 0 aromatic heterocycles. The third-order valence-corrected chi connectivity index (χ3v) is 3.27. The molecule has 1 aromatic carbocycles. The Morgan fingerprint density at radius 2 is 2.10 bits per heavy atom. The van der Waals surface area contributed by atoms with Crippen LogP contribution in [0.3, 0.4) is 0 Å². The number of hydrogen-bond donors (Lipinski definition) is 4. The minimum Gasteiger partial charge on any atom is -0.504 e. The van der Waals surface area contributed by atoms with E-state index in [1.807, 2.05) is 0 Å². The van der Waals surface area contributed by atoms with Gasteiger partial charge in [0.05, 0.1) is 13.2 Å². The molecule has 7 heteroatoms. The number of benzene rings is 1. The van der Waals surface area contributed by atoms with E-state index in [0.717, 1.165) is 6.08 Å². The molecule has 4 N–H and O–H groups in total. The van der Waals surface area contributed by atoms with E-state index in [9.17, 15) is 20.1 Å². The second-order valence-corrected chi connectivity index (χ2v) is 4.65. The summed E-state index contributed by atoms with van der Waals surface area (Å²) in [7, 11) is 1.33. The predicted molar refractivity (Wildman–Crippen MR) is 76.1 cm³/mol. The summed E-state index contributed by atoms with van der Waals surface area (Å²) in [5.41, 5.74) is 0.471. The molecule has 0 amide bonds. The number of carbonyl (C=O) groups is 1. The zero-order valence-electron chi connectivity index (χ0n) is 10.7. The van der Waals surface area contributed by atoms with Crippen LogP contribution in [-0.2, 0) is 4.79 Å². The van der Waals surface area contributed by atoms with Gasteiger partial charge in [-0.25, -0.2) is 4.79 Å². The van der Waals surface area contributed by atoms with Crippen molar-refractivity contribution in [2.24, 2.45) is 0 Å². The number of aliphatic hydroxyl groups excluding tert-OH is 2. The molecule has 2 unspecified atom stereocenters. The van der Waals surface area contributed by atoms with Gasteiger partial charge in [-0.1, -0.05) is 15.9 Å². The Morgan fingerprint density at radius 1 is 1.45 bits per heavy atom. The SMILES string of the molecule is COc1cc(C=CC(=O)O)cc(C(O)C(O)CBr)c1O. The first-order chi connectivity index (χ1) is 9.40. The van der Waals surface area contributed by atoms with E-state index in [1.165, 1.54) is 25.3 Å². The quantitative estimate of drug-likeness (QED) is 0.456. The van der Waals surface area contributed by atoms with E-state index in [-0.39, 0.29) is 22.4 Å². The number of phenols is 1. The summed E-state index contributed by atoms with van der Waals surface area (Å²) in [6, 6.07) is 2.80. The summed E-state index contributed by atoms with van der Waals surface area (Å²) < 4.78 is 4.96. The predicted octanol–water partition coefficient (Wildman–Crippen LogP) is 1.29. The van der Waals surface area contributed by atoms with E-state index in [1.54, 1.807) is 0 Å². The number of ether oxygens (including phenoxy) is 1. The molecule has 0 aliphatic carbocycles. The third kappa shape index (κ3) is 3.96. The van der Waals surface area contributed by atoms with Crippen LogP contribution in [0.25, 0.3) is 6.08 Å². The summed E-state index contributed by atoms with van der Waals surface area (Å²) in [5, 5.41) is 38.2. The maximum Gasteiger partial charge on any atom is 0.328 e. The van der Waals surface area contributed by atoms with Crippen molar-refractivity contribution in [3.05, 3.63) is 29.3 Å². The number of carboxylic acid groups (broad SMARTS) is 1. The highest BCUT2D eigenvalue weighted by atomic mass is 79.9. The van der Waals surface area contributed by atoms with Crippen LogP contribution in [0.5, 0.6) is 11.5 Å². The van der Waals surface area contributed by atoms with Gasteiger partial charge in [0.15, 0.2) is 11.5 Å². The molecule has 0 saturated carbocycles. The van der Waals surface area contributed by atoms with Gasteiger partial charge in [0.2, 0.25) is 0 Å². The fraction of sp³-hybridized carbons (Fsp3) is 0.308. The monoisotopic (exact) mass is 346 g/mol. The maximum absolute atomic E-state index is 10.5. The molecule has 0 aliphatic heterocycles. The molecule has 0 radical (unpaired) electrons. The Bertz CT molecular complexity index is 514. The third-order valence-electron chi connectivity index (χ3n) is 2.61. The molecular weight excluding hydrogens is 332 g/mol. The maximum atomic E-state index is 10.5. The lowest BCUT2D eigenvalue weighted by atomic mass is 10.0. The lowest BCUT2D eigenvalue weighted by molar-refractivity contribution is -0.131. The van der Waals surface area contributed by atoms with Crippen molar-refractivity contribution in [1.29, 1.82) is 0 Å². The molecule has 110 valence electrons. The molecule has 20 heavy (non-hydrogen) atoms. The van der Waals surface area contributed by atoms with Crippen molar-refractivity contribution in [3.63, 3.8) is 0 Å². The van der Waals surface area contributed by atoms with Gasteiger partial charge in [-0.2, -0.15) is 0 Å². The highest BCUT2D eigenvalue weighted by Gasteiger charge is 2.23. The first-order valence-corrected chi connectivity index (χ1v) is 6.76. The number of alkyl halides is 1. The normalized spacial score (nSPS) is 14.2. The Labute approximate surface area is 124 Å². The molecule has 1 aromatic rings. The van der Waals surface area contributed by atoms with Crippen LogP contribution in [0.4, 0.5) is 0 Å². The van der Waals surface area contributed by atoms with Gasteiger partial charge < -0.3 is 25.2 Å². The van der Waals surface area contributed by atoms with E-state index >= 15 is 0 Å². The highest BCUT2D eigenvalue weighted by molar-refractivity contribution is 9.09. The summed E-state index contributed by atoms with van der Waals surface area (Å²) in [4.78, 5) is 10.5. The molecule has 0 spiro atoms. The molecule has 2 atom stereocenters. The molecule has 0 saturated heterocycles. The average molecular weight is 347 g/mol. The topological polar surface area (TPSA) is 107 Å². The largest absolute Gasteiger partial charge is 0.504 e. The van der Waals surface area contributed by atoms with E-state index in [2.05, 4.69) is 15.9 Å². The molecule has 0 fully saturated rings. The average Bonchev–Trinajstić information content (AvgIpc) is 2.44. The number of methoxy groups -OCH3 is 1. The molecule has 1 rings (SSSR count). The van der Waals surface area contributed by atoms with Gasteiger partial charge in [-0.3, -0.25) is 0 Å². The van der Waals surface area contributed by atoms with Crippen molar-refractivity contribution in [1.82, 2.24) is 0 Å². The molecular formula is C13H15BrO6. The Hall–Kier alpha value is -1.57. The van der Waals surface area contributed by atoms with E-state index in [4.69, 9.17) is 9.84 Å². The first-order valence-electron chi connectivity index (χ1n) is 5.64. The lowest BCUT2D eigenvalue weighted by Crippen LogP contribution is -2.19. The van der Waals surface area contributed by atoms with Crippen LogP contribution in [0, 0.1) is 0 Å². The standard InChI is InChI=1S/C13H15BrO6/c1-20-10-5-7(2-3-11(16)17)4-8(13(10)19)12(18)9(15)6-14/h2-5,9,12,15,18-19H,6H2,1H3,(H,16,17). The number of rotatable bonds is 6. The van der Waals surface area contributed by atoms with E-state index < -0.39 is 18.2 Å². The first kappa shape index (κ1) is 16.5. The number of aliphatic hydroxyl groups is 2. The summed E-state index contributed by atoms with van der Waals surface area (Å²) >= 11 is 3.03. The van der Waals surface area contributed by atoms with Gasteiger partial charge in [0, 0.05) is 17.0 Å². The number of aromatic hydroxyl groups is 1. The fourth-order valence-electron chi connectivity index (χ4n) is 1.59. The molecule has 0 aliphatic rings.